The van der Waals surface area contributed by atoms with Crippen LogP contribution in [-0.4, -0.2) is 64.6 Å². The minimum Gasteiger partial charge on any atom is -0.497 e. The molecule has 8 heteroatoms. The van der Waals surface area contributed by atoms with E-state index in [1.54, 1.807) is 24.3 Å². The van der Waals surface area contributed by atoms with Crippen molar-refractivity contribution in [3.8, 4) is 5.75 Å². The Labute approximate surface area is 146 Å². The fourth-order valence-corrected chi connectivity index (χ4v) is 4.83. The summed E-state index contributed by atoms with van der Waals surface area (Å²) in [5.74, 6) is -0.0554. The van der Waals surface area contributed by atoms with Crippen LogP contribution < -0.4 is 4.74 Å². The third kappa shape index (κ3) is 3.50. The first-order valence-electron chi connectivity index (χ1n) is 8.06. The quantitative estimate of drug-likeness (QED) is 0.776. The van der Waals surface area contributed by atoms with E-state index in [2.05, 4.69) is 0 Å². The van der Waals surface area contributed by atoms with Crippen molar-refractivity contribution in [3.05, 3.63) is 29.8 Å². The van der Waals surface area contributed by atoms with Gasteiger partial charge in [-0.2, -0.15) is 0 Å². The van der Waals surface area contributed by atoms with E-state index in [0.717, 1.165) is 6.26 Å². The van der Waals surface area contributed by atoms with Gasteiger partial charge in [0.2, 0.25) is 5.91 Å². The number of hydrogen-bond acceptors (Lipinski definition) is 5. The van der Waals surface area contributed by atoms with Gasteiger partial charge in [0, 0.05) is 19.2 Å². The molecule has 2 aliphatic rings. The molecule has 1 aromatic carbocycles. The molecule has 25 heavy (non-hydrogen) atoms. The SMILES string of the molecule is COc1cccc(C2(F)CCN(C(=O)C3(CS(C)(=O)=O)COC3)C2)c1. The van der Waals surface area contributed by atoms with E-state index in [9.17, 15) is 13.2 Å². The molecule has 0 bridgehead atoms. The molecule has 2 saturated heterocycles. The second-order valence-corrected chi connectivity index (χ2v) is 9.16. The second kappa shape index (κ2) is 6.25. The van der Waals surface area contributed by atoms with Crippen molar-refractivity contribution in [1.82, 2.24) is 4.90 Å². The maximum atomic E-state index is 15.4. The number of nitrogens with zero attached hydrogens (tertiary/aromatic N) is 1. The number of amides is 1. The molecule has 0 spiro atoms. The topological polar surface area (TPSA) is 72.9 Å². The summed E-state index contributed by atoms with van der Waals surface area (Å²) in [5, 5.41) is 0. The third-order valence-corrected chi connectivity index (χ3v) is 5.92. The van der Waals surface area contributed by atoms with Crippen LogP contribution in [0.5, 0.6) is 5.75 Å². The fraction of sp³-hybridized carbons (Fsp3) is 0.588. The van der Waals surface area contributed by atoms with Gasteiger partial charge >= 0.3 is 0 Å². The van der Waals surface area contributed by atoms with Crippen LogP contribution in [0.4, 0.5) is 4.39 Å². The van der Waals surface area contributed by atoms with Crippen molar-refractivity contribution in [2.24, 2.45) is 5.41 Å². The van der Waals surface area contributed by atoms with Crippen molar-refractivity contribution in [1.29, 1.82) is 0 Å². The first-order chi connectivity index (χ1) is 11.7. The van der Waals surface area contributed by atoms with Gasteiger partial charge in [-0.3, -0.25) is 4.79 Å². The lowest BCUT2D eigenvalue weighted by Crippen LogP contribution is -2.58. The first kappa shape index (κ1) is 18.1. The molecule has 1 unspecified atom stereocenters. The molecule has 0 N–H and O–H groups in total. The Balaban J connectivity index is 1.78. The third-order valence-electron chi connectivity index (χ3n) is 4.84. The number of rotatable bonds is 5. The number of halogens is 1. The molecule has 138 valence electrons. The van der Waals surface area contributed by atoms with E-state index < -0.39 is 20.9 Å². The molecule has 2 fully saturated rings. The monoisotopic (exact) mass is 371 g/mol. The maximum Gasteiger partial charge on any atom is 0.234 e. The zero-order chi connectivity index (χ0) is 18.3. The van der Waals surface area contributed by atoms with Crippen LogP contribution >= 0.6 is 0 Å². The summed E-state index contributed by atoms with van der Waals surface area (Å²) >= 11 is 0. The Bertz CT molecular complexity index is 777. The van der Waals surface area contributed by atoms with Crippen LogP contribution in [0.3, 0.4) is 0 Å². The smallest absolute Gasteiger partial charge is 0.234 e. The summed E-state index contributed by atoms with van der Waals surface area (Å²) in [5.41, 5.74) is -2.28. The van der Waals surface area contributed by atoms with Gasteiger partial charge in [0.1, 0.15) is 21.0 Å². The van der Waals surface area contributed by atoms with E-state index in [4.69, 9.17) is 9.47 Å². The van der Waals surface area contributed by atoms with Crippen molar-refractivity contribution in [3.63, 3.8) is 0 Å². The minimum atomic E-state index is -3.34. The first-order valence-corrected chi connectivity index (χ1v) is 10.1. The van der Waals surface area contributed by atoms with Gasteiger partial charge in [0.05, 0.1) is 32.6 Å². The molecule has 6 nitrogen and oxygen atoms in total. The highest BCUT2D eigenvalue weighted by molar-refractivity contribution is 7.90. The summed E-state index contributed by atoms with van der Waals surface area (Å²) < 4.78 is 49.0. The van der Waals surface area contributed by atoms with Crippen LogP contribution in [0.25, 0.3) is 0 Å². The van der Waals surface area contributed by atoms with Crippen molar-refractivity contribution in [2.75, 3.05) is 45.4 Å². The number of carbonyl (C=O) groups is 1. The number of likely N-dealkylation sites (tertiary alicyclic amines) is 1. The van der Waals surface area contributed by atoms with Crippen molar-refractivity contribution < 1.29 is 27.1 Å². The van der Waals surface area contributed by atoms with Gasteiger partial charge < -0.3 is 14.4 Å². The Kier molecular flexibility index (Phi) is 4.53. The highest BCUT2D eigenvalue weighted by Gasteiger charge is 2.53. The standard InChI is InChI=1S/C17H22FNO5S/c1-23-14-5-3-4-13(8-14)17(18)6-7-19(9-17)15(20)16(10-24-11-16)12-25(2,21)22/h3-5,8H,6-7,9-12H2,1-2H3. The molecular weight excluding hydrogens is 349 g/mol. The van der Waals surface area contributed by atoms with E-state index in [-0.39, 0.29) is 44.4 Å². The van der Waals surface area contributed by atoms with Crippen LogP contribution in [-0.2, 0) is 25.0 Å². The van der Waals surface area contributed by atoms with Gasteiger partial charge in [-0.1, -0.05) is 12.1 Å². The summed E-state index contributed by atoms with van der Waals surface area (Å²) in [4.78, 5) is 14.3. The van der Waals surface area contributed by atoms with Crippen LogP contribution in [0, 0.1) is 5.41 Å². The van der Waals surface area contributed by atoms with E-state index in [0.29, 0.717) is 11.3 Å². The number of hydrogen-bond donors (Lipinski definition) is 0. The molecule has 1 atom stereocenters. The van der Waals surface area contributed by atoms with Crippen molar-refractivity contribution >= 4 is 15.7 Å². The normalized spacial score (nSPS) is 25.5. The second-order valence-electron chi connectivity index (χ2n) is 7.02. The highest BCUT2D eigenvalue weighted by atomic mass is 32.2. The minimum absolute atomic E-state index is 0.0633. The van der Waals surface area contributed by atoms with E-state index in [1.807, 2.05) is 0 Å². The molecule has 1 amide bonds. The van der Waals surface area contributed by atoms with Crippen LogP contribution in [0.2, 0.25) is 0 Å². The van der Waals surface area contributed by atoms with Gasteiger partial charge in [-0.15, -0.1) is 0 Å². The van der Waals surface area contributed by atoms with Crippen LogP contribution in [0.15, 0.2) is 24.3 Å². The number of methoxy groups -OCH3 is 1. The van der Waals surface area contributed by atoms with Gasteiger partial charge in [0.25, 0.3) is 0 Å². The lowest BCUT2D eigenvalue weighted by molar-refractivity contribution is -0.167. The number of benzene rings is 1. The Hall–Kier alpha value is -1.67. The lowest BCUT2D eigenvalue weighted by Gasteiger charge is -2.41. The molecule has 2 aliphatic heterocycles. The molecule has 0 aliphatic carbocycles. The molecule has 0 saturated carbocycles. The molecule has 0 radical (unpaired) electrons. The predicted octanol–water partition coefficient (Wildman–Crippen LogP) is 1.15. The number of sulfone groups is 1. The Morgan fingerprint density at radius 1 is 1.40 bits per heavy atom. The number of ether oxygens (including phenoxy) is 2. The molecule has 0 aromatic heterocycles. The molecular formula is C17H22FNO5S. The number of carbonyl (C=O) groups excluding carboxylic acids is 1. The lowest BCUT2D eigenvalue weighted by atomic mass is 9.86. The van der Waals surface area contributed by atoms with Gasteiger partial charge in [0.15, 0.2) is 5.67 Å². The number of alkyl halides is 1. The average Bonchev–Trinajstić information content (AvgIpc) is 2.93. The van der Waals surface area contributed by atoms with E-state index >= 15 is 4.39 Å². The molecule has 2 heterocycles. The van der Waals surface area contributed by atoms with E-state index in [1.165, 1.54) is 12.0 Å². The summed E-state index contributed by atoms with van der Waals surface area (Å²) in [7, 11) is -1.83. The summed E-state index contributed by atoms with van der Waals surface area (Å²) in [6.07, 6.45) is 1.27. The average molecular weight is 371 g/mol. The van der Waals surface area contributed by atoms with Crippen molar-refractivity contribution in [2.45, 2.75) is 12.1 Å². The molecule has 1 aromatic rings. The largest absolute Gasteiger partial charge is 0.497 e. The highest BCUT2D eigenvalue weighted by Crippen LogP contribution is 2.40. The Morgan fingerprint density at radius 3 is 2.68 bits per heavy atom. The molecule has 3 rings (SSSR count). The van der Waals surface area contributed by atoms with Gasteiger partial charge in [-0.05, 0) is 17.7 Å². The summed E-state index contributed by atoms with van der Waals surface area (Å²) in [6.45, 7) is 0.282. The zero-order valence-electron chi connectivity index (χ0n) is 14.3. The van der Waals surface area contributed by atoms with Crippen LogP contribution in [0.1, 0.15) is 12.0 Å². The Morgan fingerprint density at radius 2 is 2.12 bits per heavy atom. The fourth-order valence-electron chi connectivity index (χ4n) is 3.54. The zero-order valence-corrected chi connectivity index (χ0v) is 15.1. The maximum absolute atomic E-state index is 15.4. The summed E-state index contributed by atoms with van der Waals surface area (Å²) in [6, 6.07) is 6.75. The predicted molar refractivity (Wildman–Crippen MR) is 89.9 cm³/mol. The van der Waals surface area contributed by atoms with Gasteiger partial charge in [-0.25, -0.2) is 12.8 Å².